The monoisotopic (exact) mass is 340 g/mol. The molecule has 6 nitrogen and oxygen atoms in total. The number of carbonyl (C=O) groups is 2. The number of nitrogens with one attached hydrogen (secondary N) is 1. The van der Waals surface area contributed by atoms with Crippen molar-refractivity contribution in [3.8, 4) is 5.75 Å². The normalized spacial score (nSPS) is 16.9. The summed E-state index contributed by atoms with van der Waals surface area (Å²) in [4.78, 5) is 25.4. The molecule has 1 fully saturated rings. The molecule has 1 atom stereocenters. The summed E-state index contributed by atoms with van der Waals surface area (Å²) in [7, 11) is 1.52. The Balaban J connectivity index is 1.93. The lowest BCUT2D eigenvalue weighted by Gasteiger charge is -2.23. The van der Waals surface area contributed by atoms with Crippen LogP contribution in [0.25, 0.3) is 0 Å². The number of benzene rings is 1. The SMILES string of the molecule is COc1ccc(NC(=O)CN(CC2CCCO2)C(C)=O)cc1Cl. The van der Waals surface area contributed by atoms with Gasteiger partial charge in [-0.15, -0.1) is 0 Å². The average molecular weight is 341 g/mol. The van der Waals surface area contributed by atoms with Gasteiger partial charge < -0.3 is 19.7 Å². The zero-order chi connectivity index (χ0) is 16.8. The Kier molecular flexibility index (Phi) is 6.24. The second kappa shape index (κ2) is 8.17. The quantitative estimate of drug-likeness (QED) is 0.863. The fourth-order valence-corrected chi connectivity index (χ4v) is 2.71. The Bertz CT molecular complexity index is 573. The molecule has 7 heteroatoms. The molecule has 1 aromatic carbocycles. The number of halogens is 1. The highest BCUT2D eigenvalue weighted by molar-refractivity contribution is 6.32. The van der Waals surface area contributed by atoms with Gasteiger partial charge >= 0.3 is 0 Å². The largest absolute Gasteiger partial charge is 0.495 e. The van der Waals surface area contributed by atoms with E-state index >= 15 is 0 Å². The molecular formula is C16H21ClN2O4. The number of carbonyl (C=O) groups excluding carboxylic acids is 2. The van der Waals surface area contributed by atoms with Crippen LogP contribution in [0.4, 0.5) is 5.69 Å². The van der Waals surface area contributed by atoms with Crippen LogP contribution in [0.5, 0.6) is 5.75 Å². The molecule has 2 amide bonds. The van der Waals surface area contributed by atoms with E-state index in [1.807, 2.05) is 0 Å². The summed E-state index contributed by atoms with van der Waals surface area (Å²) < 4.78 is 10.6. The number of anilines is 1. The first kappa shape index (κ1) is 17.6. The summed E-state index contributed by atoms with van der Waals surface area (Å²) in [5, 5.41) is 3.14. The highest BCUT2D eigenvalue weighted by Gasteiger charge is 2.22. The van der Waals surface area contributed by atoms with Crippen LogP contribution in [-0.2, 0) is 14.3 Å². The number of ether oxygens (including phenoxy) is 2. The molecule has 1 aliphatic rings. The van der Waals surface area contributed by atoms with Gasteiger partial charge in [-0.2, -0.15) is 0 Å². The molecule has 0 aliphatic carbocycles. The van der Waals surface area contributed by atoms with E-state index in [1.165, 1.54) is 18.9 Å². The van der Waals surface area contributed by atoms with Crippen molar-refractivity contribution in [1.82, 2.24) is 4.90 Å². The molecule has 0 bridgehead atoms. The van der Waals surface area contributed by atoms with Crippen LogP contribution in [0.1, 0.15) is 19.8 Å². The number of amides is 2. The highest BCUT2D eigenvalue weighted by Crippen LogP contribution is 2.27. The number of hydrogen-bond donors (Lipinski definition) is 1. The van der Waals surface area contributed by atoms with Gasteiger partial charge in [0, 0.05) is 25.8 Å². The van der Waals surface area contributed by atoms with Gasteiger partial charge in [-0.05, 0) is 31.0 Å². The van der Waals surface area contributed by atoms with Gasteiger partial charge in [0.25, 0.3) is 0 Å². The zero-order valence-electron chi connectivity index (χ0n) is 13.3. The Morgan fingerprint density at radius 2 is 2.26 bits per heavy atom. The topological polar surface area (TPSA) is 67.9 Å². The predicted octanol–water partition coefficient (Wildman–Crippen LogP) is 2.31. The minimum absolute atomic E-state index is 0.0150. The minimum atomic E-state index is -0.278. The Morgan fingerprint density at radius 1 is 1.48 bits per heavy atom. The Morgan fingerprint density at radius 3 is 2.83 bits per heavy atom. The summed E-state index contributed by atoms with van der Waals surface area (Å²) in [6.07, 6.45) is 1.93. The van der Waals surface area contributed by atoms with Crippen molar-refractivity contribution in [2.24, 2.45) is 0 Å². The molecule has 1 unspecified atom stereocenters. The van der Waals surface area contributed by atoms with Gasteiger partial charge in [-0.1, -0.05) is 11.6 Å². The third-order valence-electron chi connectivity index (χ3n) is 3.66. The third-order valence-corrected chi connectivity index (χ3v) is 3.96. The summed E-state index contributed by atoms with van der Waals surface area (Å²) >= 11 is 6.03. The fourth-order valence-electron chi connectivity index (χ4n) is 2.46. The lowest BCUT2D eigenvalue weighted by molar-refractivity contribution is -0.134. The van der Waals surface area contributed by atoms with E-state index in [-0.39, 0.29) is 24.5 Å². The molecule has 1 saturated heterocycles. The van der Waals surface area contributed by atoms with E-state index in [1.54, 1.807) is 18.2 Å². The summed E-state index contributed by atoms with van der Waals surface area (Å²) in [5.74, 6) is 0.108. The fraction of sp³-hybridized carbons (Fsp3) is 0.500. The molecule has 1 heterocycles. The van der Waals surface area contributed by atoms with Crippen molar-refractivity contribution >= 4 is 29.1 Å². The van der Waals surface area contributed by atoms with Crippen LogP contribution < -0.4 is 10.1 Å². The maximum Gasteiger partial charge on any atom is 0.243 e. The van der Waals surface area contributed by atoms with Crippen molar-refractivity contribution in [3.05, 3.63) is 23.2 Å². The molecule has 23 heavy (non-hydrogen) atoms. The molecule has 2 rings (SSSR count). The van der Waals surface area contributed by atoms with Gasteiger partial charge in [-0.25, -0.2) is 0 Å². The molecule has 1 aromatic rings. The number of hydrogen-bond acceptors (Lipinski definition) is 4. The van der Waals surface area contributed by atoms with Gasteiger partial charge in [-0.3, -0.25) is 9.59 Å². The molecule has 126 valence electrons. The number of methoxy groups -OCH3 is 1. The first-order chi connectivity index (χ1) is 11.0. The second-order valence-electron chi connectivity index (χ2n) is 5.43. The molecule has 1 aliphatic heterocycles. The molecule has 1 N–H and O–H groups in total. The van der Waals surface area contributed by atoms with E-state index in [9.17, 15) is 9.59 Å². The molecule has 0 saturated carbocycles. The Labute approximate surface area is 140 Å². The van der Waals surface area contributed by atoms with E-state index in [0.29, 0.717) is 29.6 Å². The van der Waals surface area contributed by atoms with Crippen LogP contribution in [0.3, 0.4) is 0 Å². The lowest BCUT2D eigenvalue weighted by Crippen LogP contribution is -2.41. The van der Waals surface area contributed by atoms with Gasteiger partial charge in [0.2, 0.25) is 11.8 Å². The minimum Gasteiger partial charge on any atom is -0.495 e. The van der Waals surface area contributed by atoms with Crippen LogP contribution >= 0.6 is 11.6 Å². The molecular weight excluding hydrogens is 320 g/mol. The smallest absolute Gasteiger partial charge is 0.243 e. The van der Waals surface area contributed by atoms with Crippen LogP contribution in [-0.4, -0.2) is 49.6 Å². The van der Waals surface area contributed by atoms with Crippen LogP contribution in [0, 0.1) is 0 Å². The maximum atomic E-state index is 12.1. The van der Waals surface area contributed by atoms with Crippen molar-refractivity contribution in [2.45, 2.75) is 25.9 Å². The summed E-state index contributed by atoms with van der Waals surface area (Å²) in [6, 6.07) is 4.98. The number of nitrogens with zero attached hydrogens (tertiary/aromatic N) is 1. The van der Waals surface area contributed by atoms with Crippen LogP contribution in [0.15, 0.2) is 18.2 Å². The van der Waals surface area contributed by atoms with Gasteiger partial charge in [0.1, 0.15) is 5.75 Å². The standard InChI is InChI=1S/C16H21ClN2O4/c1-11(20)19(9-13-4-3-7-23-13)10-16(21)18-12-5-6-15(22-2)14(17)8-12/h5-6,8,13H,3-4,7,9-10H2,1-2H3,(H,18,21). The van der Waals surface area contributed by atoms with E-state index in [2.05, 4.69) is 5.32 Å². The maximum absolute atomic E-state index is 12.1. The third kappa shape index (κ3) is 5.11. The first-order valence-corrected chi connectivity index (χ1v) is 7.88. The molecule has 0 spiro atoms. The van der Waals surface area contributed by atoms with E-state index in [4.69, 9.17) is 21.1 Å². The summed E-state index contributed by atoms with van der Waals surface area (Å²) in [6.45, 7) is 2.59. The molecule has 0 radical (unpaired) electrons. The van der Waals surface area contributed by atoms with Gasteiger partial charge in [0.05, 0.1) is 24.8 Å². The second-order valence-corrected chi connectivity index (χ2v) is 5.84. The van der Waals surface area contributed by atoms with Crippen LogP contribution in [0.2, 0.25) is 5.02 Å². The highest BCUT2D eigenvalue weighted by atomic mass is 35.5. The van der Waals surface area contributed by atoms with Crippen molar-refractivity contribution in [1.29, 1.82) is 0 Å². The van der Waals surface area contributed by atoms with Crippen molar-refractivity contribution in [3.63, 3.8) is 0 Å². The van der Waals surface area contributed by atoms with E-state index in [0.717, 1.165) is 12.8 Å². The lowest BCUT2D eigenvalue weighted by atomic mass is 10.2. The zero-order valence-corrected chi connectivity index (χ0v) is 14.1. The van der Waals surface area contributed by atoms with Crippen molar-refractivity contribution < 1.29 is 19.1 Å². The first-order valence-electron chi connectivity index (χ1n) is 7.50. The Hall–Kier alpha value is -1.79. The predicted molar refractivity (Wildman–Crippen MR) is 87.9 cm³/mol. The number of rotatable bonds is 6. The summed E-state index contributed by atoms with van der Waals surface area (Å²) in [5.41, 5.74) is 0.557. The average Bonchev–Trinajstić information content (AvgIpc) is 2.99. The molecule has 0 aromatic heterocycles. The van der Waals surface area contributed by atoms with Gasteiger partial charge in [0.15, 0.2) is 0 Å². The van der Waals surface area contributed by atoms with Crippen molar-refractivity contribution in [2.75, 3.05) is 32.1 Å². The van der Waals surface area contributed by atoms with E-state index < -0.39 is 0 Å².